The maximum absolute atomic E-state index is 3.81. The van der Waals surface area contributed by atoms with Crippen LogP contribution in [-0.4, -0.2) is 17.1 Å². The first-order chi connectivity index (χ1) is 9.75. The first-order valence-corrected chi connectivity index (χ1v) is 9.13. The third kappa shape index (κ3) is 2.98. The molecule has 1 aliphatic heterocycles. The number of rotatable bonds is 4. The van der Waals surface area contributed by atoms with Crippen LogP contribution >= 0.6 is 22.7 Å². The summed E-state index contributed by atoms with van der Waals surface area (Å²) >= 11 is 3.68. The summed E-state index contributed by atoms with van der Waals surface area (Å²) in [5.74, 6) is 0. The van der Waals surface area contributed by atoms with Crippen molar-refractivity contribution >= 4 is 22.7 Å². The van der Waals surface area contributed by atoms with E-state index in [1.165, 1.54) is 29.0 Å². The van der Waals surface area contributed by atoms with Crippen LogP contribution in [0.25, 0.3) is 0 Å². The second-order valence-electron chi connectivity index (χ2n) is 5.63. The molecule has 2 unspecified atom stereocenters. The van der Waals surface area contributed by atoms with Gasteiger partial charge in [0.05, 0.1) is 6.04 Å². The van der Waals surface area contributed by atoms with E-state index < -0.39 is 0 Å². The Kier molecular flexibility index (Phi) is 4.56. The van der Waals surface area contributed by atoms with Gasteiger partial charge in [0.1, 0.15) is 0 Å². The van der Waals surface area contributed by atoms with Crippen molar-refractivity contribution in [2.75, 3.05) is 0 Å². The Labute approximate surface area is 129 Å². The molecule has 0 aliphatic carbocycles. The Morgan fingerprint density at radius 2 is 1.60 bits per heavy atom. The molecule has 1 aliphatic rings. The maximum atomic E-state index is 3.81. The van der Waals surface area contributed by atoms with Crippen molar-refractivity contribution in [1.29, 1.82) is 0 Å². The molecule has 0 aromatic carbocycles. The normalized spacial score (nSPS) is 24.4. The second-order valence-corrected chi connectivity index (χ2v) is 7.59. The summed E-state index contributed by atoms with van der Waals surface area (Å²) in [6, 6.07) is 10.3. The van der Waals surface area contributed by atoms with Gasteiger partial charge >= 0.3 is 0 Å². The van der Waals surface area contributed by atoms with Crippen LogP contribution in [0.1, 0.15) is 48.9 Å². The van der Waals surface area contributed by atoms with E-state index in [-0.39, 0.29) is 0 Å². The molecule has 0 saturated carbocycles. The monoisotopic (exact) mass is 306 g/mol. The number of nitrogens with one attached hydrogen (secondary N) is 1. The number of hydrogen-bond acceptors (Lipinski definition) is 4. The smallest absolute Gasteiger partial charge is 0.0899 e. The lowest BCUT2D eigenvalue weighted by molar-refractivity contribution is 0.0362. The quantitative estimate of drug-likeness (QED) is 0.883. The summed E-state index contributed by atoms with van der Waals surface area (Å²) in [5.41, 5.74) is 3.81. The molecule has 4 heteroatoms. The van der Waals surface area contributed by atoms with Crippen molar-refractivity contribution in [3.63, 3.8) is 0 Å². The Morgan fingerprint density at radius 1 is 1.05 bits per heavy atom. The van der Waals surface area contributed by atoms with Crippen molar-refractivity contribution in [3.05, 3.63) is 44.8 Å². The molecule has 2 aromatic heterocycles. The zero-order valence-corrected chi connectivity index (χ0v) is 13.7. The highest BCUT2D eigenvalue weighted by Crippen LogP contribution is 2.31. The molecule has 1 N–H and O–H groups in total. The van der Waals surface area contributed by atoms with Crippen LogP contribution in [0.2, 0.25) is 0 Å². The zero-order valence-electron chi connectivity index (χ0n) is 12.1. The number of nitrogens with zero attached hydrogens (tertiary/aromatic N) is 1. The summed E-state index contributed by atoms with van der Waals surface area (Å²) in [6.45, 7) is 4.67. The van der Waals surface area contributed by atoms with Crippen molar-refractivity contribution < 1.29 is 0 Å². The highest BCUT2D eigenvalue weighted by atomic mass is 32.1. The van der Waals surface area contributed by atoms with Gasteiger partial charge in [-0.2, -0.15) is 0 Å². The molecule has 0 bridgehead atoms. The van der Waals surface area contributed by atoms with E-state index in [1.807, 2.05) is 22.7 Å². The molecule has 2 atom stereocenters. The fourth-order valence-corrected chi connectivity index (χ4v) is 4.65. The van der Waals surface area contributed by atoms with E-state index in [9.17, 15) is 0 Å². The SMILES string of the molecule is CC1CCCC(C)N1NC(c1cccs1)c1cccs1. The summed E-state index contributed by atoms with van der Waals surface area (Å²) < 4.78 is 0. The highest BCUT2D eigenvalue weighted by molar-refractivity contribution is 7.11. The largest absolute Gasteiger partial charge is 0.241 e. The van der Waals surface area contributed by atoms with Gasteiger partial charge in [0.15, 0.2) is 0 Å². The molecule has 1 fully saturated rings. The minimum absolute atomic E-state index is 0.304. The molecule has 1 saturated heterocycles. The Morgan fingerprint density at radius 3 is 2.05 bits per heavy atom. The molecule has 3 rings (SSSR count). The zero-order chi connectivity index (χ0) is 13.9. The fraction of sp³-hybridized carbons (Fsp3) is 0.500. The standard InChI is InChI=1S/C16H22N2S2/c1-12-6-3-7-13(2)18(12)17-16(14-8-4-10-19-14)15-9-5-11-20-15/h4-5,8-13,16-17H,3,6-7H2,1-2H3. The van der Waals surface area contributed by atoms with Crippen molar-refractivity contribution in [2.45, 2.75) is 51.2 Å². The molecule has 108 valence electrons. The third-order valence-corrected chi connectivity index (χ3v) is 6.00. The van der Waals surface area contributed by atoms with Gasteiger partial charge in [0.25, 0.3) is 0 Å². The molecule has 2 aromatic rings. The highest BCUT2D eigenvalue weighted by Gasteiger charge is 2.28. The molecule has 20 heavy (non-hydrogen) atoms. The van der Waals surface area contributed by atoms with Crippen LogP contribution in [0.15, 0.2) is 35.0 Å². The van der Waals surface area contributed by atoms with Gasteiger partial charge in [-0.15, -0.1) is 22.7 Å². The summed E-state index contributed by atoms with van der Waals surface area (Å²) in [5, 5.41) is 6.81. The lowest BCUT2D eigenvalue weighted by Gasteiger charge is -2.41. The number of hydrogen-bond donors (Lipinski definition) is 1. The topological polar surface area (TPSA) is 15.3 Å². The van der Waals surface area contributed by atoms with Crippen LogP contribution in [0.3, 0.4) is 0 Å². The number of piperidine rings is 1. The van der Waals surface area contributed by atoms with E-state index >= 15 is 0 Å². The van der Waals surface area contributed by atoms with Crippen molar-refractivity contribution in [3.8, 4) is 0 Å². The first kappa shape index (κ1) is 14.3. The Balaban J connectivity index is 1.83. The van der Waals surface area contributed by atoms with Gasteiger partial charge in [-0.1, -0.05) is 18.6 Å². The van der Waals surface area contributed by atoms with Gasteiger partial charge in [0.2, 0.25) is 0 Å². The molecule has 0 spiro atoms. The summed E-state index contributed by atoms with van der Waals surface area (Å²) in [6.07, 6.45) is 3.93. The minimum atomic E-state index is 0.304. The fourth-order valence-electron chi connectivity index (χ4n) is 3.00. The molecular weight excluding hydrogens is 284 g/mol. The first-order valence-electron chi connectivity index (χ1n) is 7.37. The van der Waals surface area contributed by atoms with Crippen molar-refractivity contribution in [2.24, 2.45) is 0 Å². The van der Waals surface area contributed by atoms with Gasteiger partial charge in [-0.25, -0.2) is 10.4 Å². The summed E-state index contributed by atoms with van der Waals surface area (Å²) in [7, 11) is 0. The van der Waals surface area contributed by atoms with E-state index in [4.69, 9.17) is 0 Å². The molecule has 0 radical (unpaired) electrons. The van der Waals surface area contributed by atoms with E-state index in [2.05, 4.69) is 59.3 Å². The third-order valence-electron chi connectivity index (χ3n) is 4.13. The molecule has 0 amide bonds. The lowest BCUT2D eigenvalue weighted by Crippen LogP contribution is -2.53. The van der Waals surface area contributed by atoms with Crippen LogP contribution < -0.4 is 5.43 Å². The van der Waals surface area contributed by atoms with E-state index in [0.717, 1.165) is 0 Å². The van der Waals surface area contributed by atoms with Crippen LogP contribution in [0.4, 0.5) is 0 Å². The van der Waals surface area contributed by atoms with E-state index in [1.54, 1.807) is 0 Å². The van der Waals surface area contributed by atoms with Gasteiger partial charge in [-0.3, -0.25) is 0 Å². The van der Waals surface area contributed by atoms with Gasteiger partial charge in [-0.05, 0) is 49.6 Å². The lowest BCUT2D eigenvalue weighted by atomic mass is 9.99. The van der Waals surface area contributed by atoms with E-state index in [0.29, 0.717) is 18.1 Å². The second kappa shape index (κ2) is 6.39. The van der Waals surface area contributed by atoms with Crippen molar-refractivity contribution in [1.82, 2.24) is 10.4 Å². The molecular formula is C16H22N2S2. The number of hydrazine groups is 1. The average Bonchev–Trinajstić information content (AvgIpc) is 3.12. The van der Waals surface area contributed by atoms with Crippen LogP contribution in [-0.2, 0) is 0 Å². The maximum Gasteiger partial charge on any atom is 0.0899 e. The predicted molar refractivity (Wildman–Crippen MR) is 88.2 cm³/mol. The minimum Gasteiger partial charge on any atom is -0.241 e. The Hall–Kier alpha value is -0.680. The van der Waals surface area contributed by atoms with Gasteiger partial charge < -0.3 is 0 Å². The molecule has 2 nitrogen and oxygen atoms in total. The average molecular weight is 307 g/mol. The van der Waals surface area contributed by atoms with Crippen LogP contribution in [0.5, 0.6) is 0 Å². The van der Waals surface area contributed by atoms with Crippen LogP contribution in [0, 0.1) is 0 Å². The summed E-state index contributed by atoms with van der Waals surface area (Å²) in [4.78, 5) is 2.80. The number of thiophene rings is 2. The predicted octanol–water partition coefficient (Wildman–Crippen LogP) is 4.67. The Bertz CT molecular complexity index is 462. The molecule has 3 heterocycles. The van der Waals surface area contributed by atoms with Gasteiger partial charge in [0, 0.05) is 21.8 Å².